The van der Waals surface area contributed by atoms with Gasteiger partial charge in [0.15, 0.2) is 0 Å². The molecule has 9 rings (SSSR count). The van der Waals surface area contributed by atoms with Crippen molar-refractivity contribution in [2.24, 2.45) is 0 Å². The fourth-order valence-corrected chi connectivity index (χ4v) is 7.21. The zero-order valence-electron chi connectivity index (χ0n) is 19.3. The molecule has 0 unspecified atom stereocenters. The topological polar surface area (TPSA) is 16.1 Å². The van der Waals surface area contributed by atoms with Crippen LogP contribution >= 0.6 is 0 Å². The van der Waals surface area contributed by atoms with Crippen molar-refractivity contribution in [3.05, 3.63) is 130 Å². The third kappa shape index (κ3) is 2.23. The SMILES string of the molecule is c1ccc2c(c1)Cc1ccc3c(c1-2)Cc1c2c(cc4c1N3c1ncccc1C4)Cc1ccccc1-2. The Bertz CT molecular complexity index is 1760. The molecule has 0 radical (unpaired) electrons. The monoisotopic (exact) mass is 446 g/mol. The number of aromatic nitrogens is 1. The quantitative estimate of drug-likeness (QED) is 0.240. The summed E-state index contributed by atoms with van der Waals surface area (Å²) in [6.07, 6.45) is 5.94. The summed E-state index contributed by atoms with van der Waals surface area (Å²) in [4.78, 5) is 7.44. The lowest BCUT2D eigenvalue weighted by Gasteiger charge is -2.40. The molecule has 0 atom stereocenters. The van der Waals surface area contributed by atoms with Gasteiger partial charge in [-0.15, -0.1) is 0 Å². The molecule has 1 aromatic heterocycles. The van der Waals surface area contributed by atoms with E-state index in [-0.39, 0.29) is 0 Å². The predicted octanol–water partition coefficient (Wildman–Crippen LogP) is 7.50. The maximum absolute atomic E-state index is 4.95. The molecule has 2 aliphatic carbocycles. The standard InChI is InChI=1S/C33H22N2/c1-3-9-25-19(6-1)14-21-11-12-29-27(30(21)25)18-28-31-23(15-20-7-2-4-10-26(20)31)17-24-16-22-8-5-13-34-33(22)35(29)32(24)28/h1-13,17H,14-16,18H2. The van der Waals surface area contributed by atoms with E-state index in [2.05, 4.69) is 83.8 Å². The number of anilines is 3. The highest BCUT2D eigenvalue weighted by Crippen LogP contribution is 2.57. The molecule has 164 valence electrons. The second-order valence-electron chi connectivity index (χ2n) is 10.3. The van der Waals surface area contributed by atoms with Crippen LogP contribution in [-0.2, 0) is 25.7 Å². The Morgan fingerprint density at radius 2 is 1.23 bits per heavy atom. The lowest BCUT2D eigenvalue weighted by molar-refractivity contribution is 0.978. The summed E-state index contributed by atoms with van der Waals surface area (Å²) in [6, 6.07) is 29.5. The van der Waals surface area contributed by atoms with Crippen LogP contribution in [0.25, 0.3) is 22.3 Å². The van der Waals surface area contributed by atoms with E-state index < -0.39 is 0 Å². The van der Waals surface area contributed by atoms with E-state index in [0.717, 1.165) is 31.5 Å². The number of benzene rings is 4. The summed E-state index contributed by atoms with van der Waals surface area (Å²) < 4.78 is 0. The summed E-state index contributed by atoms with van der Waals surface area (Å²) in [5.74, 6) is 1.10. The second kappa shape index (κ2) is 6.28. The average Bonchev–Trinajstić information content (AvgIpc) is 3.46. The summed E-state index contributed by atoms with van der Waals surface area (Å²) >= 11 is 0. The van der Waals surface area contributed by atoms with Crippen molar-refractivity contribution >= 4 is 17.2 Å². The van der Waals surface area contributed by atoms with Crippen molar-refractivity contribution in [1.82, 2.24) is 4.98 Å². The highest BCUT2D eigenvalue weighted by molar-refractivity contribution is 5.97. The fourth-order valence-electron chi connectivity index (χ4n) is 7.21. The Hall–Kier alpha value is -4.17. The van der Waals surface area contributed by atoms with Gasteiger partial charge in [0, 0.05) is 19.0 Å². The van der Waals surface area contributed by atoms with Gasteiger partial charge in [-0.05, 0) is 91.7 Å². The van der Waals surface area contributed by atoms with E-state index in [0.29, 0.717) is 0 Å². The lowest BCUT2D eigenvalue weighted by Crippen LogP contribution is -2.26. The molecular formula is C33H22N2. The predicted molar refractivity (Wildman–Crippen MR) is 141 cm³/mol. The number of hydrogen-bond donors (Lipinski definition) is 0. The second-order valence-corrected chi connectivity index (χ2v) is 10.3. The average molecular weight is 447 g/mol. The number of pyridine rings is 1. The first-order valence-electron chi connectivity index (χ1n) is 12.6. The van der Waals surface area contributed by atoms with Crippen LogP contribution in [0.2, 0.25) is 0 Å². The van der Waals surface area contributed by atoms with Gasteiger partial charge in [0.1, 0.15) is 5.82 Å². The van der Waals surface area contributed by atoms with Crippen LogP contribution in [0.15, 0.2) is 85.1 Å². The van der Waals surface area contributed by atoms with Crippen LogP contribution in [0.4, 0.5) is 17.2 Å². The molecule has 0 amide bonds. The van der Waals surface area contributed by atoms with Crippen LogP contribution in [0.3, 0.4) is 0 Å². The Labute approximate surface area is 204 Å². The van der Waals surface area contributed by atoms with Crippen molar-refractivity contribution in [1.29, 1.82) is 0 Å². The van der Waals surface area contributed by atoms with Gasteiger partial charge in [-0.25, -0.2) is 4.98 Å². The van der Waals surface area contributed by atoms with Gasteiger partial charge >= 0.3 is 0 Å². The minimum Gasteiger partial charge on any atom is -0.294 e. The largest absolute Gasteiger partial charge is 0.294 e. The van der Waals surface area contributed by atoms with Crippen molar-refractivity contribution in [3.63, 3.8) is 0 Å². The highest BCUT2D eigenvalue weighted by Gasteiger charge is 2.38. The number of nitrogens with zero attached hydrogens (tertiary/aromatic N) is 2. The van der Waals surface area contributed by atoms with E-state index in [1.54, 1.807) is 0 Å². The molecule has 0 saturated carbocycles. The van der Waals surface area contributed by atoms with Crippen molar-refractivity contribution in [2.75, 3.05) is 4.90 Å². The molecule has 2 heteroatoms. The molecule has 0 bridgehead atoms. The van der Waals surface area contributed by atoms with Crippen molar-refractivity contribution in [2.45, 2.75) is 25.7 Å². The summed E-state index contributed by atoms with van der Waals surface area (Å²) in [7, 11) is 0. The number of hydrogen-bond acceptors (Lipinski definition) is 2. The minimum absolute atomic E-state index is 0.953. The van der Waals surface area contributed by atoms with E-state index >= 15 is 0 Å². The Kier molecular flexibility index (Phi) is 3.27. The lowest BCUT2D eigenvalue weighted by atomic mass is 9.80. The van der Waals surface area contributed by atoms with Crippen LogP contribution in [0.5, 0.6) is 0 Å². The maximum Gasteiger partial charge on any atom is 0.141 e. The van der Waals surface area contributed by atoms with Gasteiger partial charge in [-0.3, -0.25) is 4.90 Å². The molecule has 4 aromatic carbocycles. The zero-order chi connectivity index (χ0) is 22.7. The van der Waals surface area contributed by atoms with Gasteiger partial charge in [-0.1, -0.05) is 66.7 Å². The van der Waals surface area contributed by atoms with E-state index in [4.69, 9.17) is 4.98 Å². The van der Waals surface area contributed by atoms with Gasteiger partial charge in [0.25, 0.3) is 0 Å². The van der Waals surface area contributed by atoms with Crippen LogP contribution in [0.1, 0.15) is 44.5 Å². The molecule has 4 aliphatic rings. The summed E-state index contributed by atoms with van der Waals surface area (Å²) in [5.41, 5.74) is 20.0. The molecule has 0 fully saturated rings. The highest BCUT2D eigenvalue weighted by atomic mass is 15.2. The minimum atomic E-state index is 0.953. The summed E-state index contributed by atoms with van der Waals surface area (Å²) in [6.45, 7) is 0. The van der Waals surface area contributed by atoms with Gasteiger partial charge in [-0.2, -0.15) is 0 Å². The summed E-state index contributed by atoms with van der Waals surface area (Å²) in [5, 5.41) is 0. The maximum atomic E-state index is 4.95. The first-order valence-corrected chi connectivity index (χ1v) is 12.6. The number of rotatable bonds is 0. The van der Waals surface area contributed by atoms with E-state index in [1.807, 2.05) is 6.20 Å². The van der Waals surface area contributed by atoms with Gasteiger partial charge < -0.3 is 0 Å². The van der Waals surface area contributed by atoms with Crippen molar-refractivity contribution < 1.29 is 0 Å². The Balaban J connectivity index is 1.40. The molecular weight excluding hydrogens is 424 g/mol. The Morgan fingerprint density at radius 1 is 0.543 bits per heavy atom. The Morgan fingerprint density at radius 3 is 2.06 bits per heavy atom. The van der Waals surface area contributed by atoms with E-state index in [1.165, 1.54) is 78.1 Å². The van der Waals surface area contributed by atoms with Crippen LogP contribution in [-0.4, -0.2) is 4.98 Å². The molecule has 0 spiro atoms. The molecule has 0 saturated heterocycles. The first kappa shape index (κ1) is 18.2. The molecule has 0 N–H and O–H groups in total. The van der Waals surface area contributed by atoms with Crippen molar-refractivity contribution in [3.8, 4) is 22.3 Å². The van der Waals surface area contributed by atoms with Gasteiger partial charge in [0.05, 0.1) is 11.4 Å². The number of fused-ring (bicyclic) bond motifs is 12. The van der Waals surface area contributed by atoms with Crippen LogP contribution in [0, 0.1) is 0 Å². The zero-order valence-corrected chi connectivity index (χ0v) is 19.3. The molecule has 2 aliphatic heterocycles. The molecule has 5 aromatic rings. The van der Waals surface area contributed by atoms with Crippen LogP contribution < -0.4 is 4.90 Å². The third-order valence-electron chi connectivity index (χ3n) is 8.55. The van der Waals surface area contributed by atoms with E-state index in [9.17, 15) is 0 Å². The molecule has 3 heterocycles. The fraction of sp³-hybridized carbons (Fsp3) is 0.121. The first-order chi connectivity index (χ1) is 17.3. The van der Waals surface area contributed by atoms with Gasteiger partial charge in [0.2, 0.25) is 0 Å². The molecule has 2 nitrogen and oxygen atoms in total. The normalized spacial score (nSPS) is 14.9. The molecule has 35 heavy (non-hydrogen) atoms. The smallest absolute Gasteiger partial charge is 0.141 e. The third-order valence-corrected chi connectivity index (χ3v) is 8.55.